The molecule has 0 bridgehead atoms. The maximum atomic E-state index is 15.9. The summed E-state index contributed by atoms with van der Waals surface area (Å²) in [5.74, 6) is 0.567. The number of rotatable bonds is 8. The van der Waals surface area contributed by atoms with E-state index >= 15 is 4.39 Å². The Bertz CT molecular complexity index is 1780. The van der Waals surface area contributed by atoms with E-state index in [0.29, 0.717) is 29.3 Å². The number of anilines is 1. The molecule has 212 valence electrons. The highest BCUT2D eigenvalue weighted by Gasteiger charge is 2.42. The summed E-state index contributed by atoms with van der Waals surface area (Å²) in [5, 5.41) is 7.13. The van der Waals surface area contributed by atoms with Crippen LogP contribution in [0.5, 0.6) is 17.5 Å². The van der Waals surface area contributed by atoms with E-state index in [1.54, 1.807) is 37.8 Å². The molecule has 0 amide bonds. The lowest BCUT2D eigenvalue weighted by molar-refractivity contribution is 0.354. The summed E-state index contributed by atoms with van der Waals surface area (Å²) < 4.78 is 28.8. The van der Waals surface area contributed by atoms with Crippen molar-refractivity contribution in [2.75, 3.05) is 12.8 Å². The zero-order valence-electron chi connectivity index (χ0n) is 23.4. The normalized spacial score (nSPS) is 15.6. The van der Waals surface area contributed by atoms with E-state index in [-0.39, 0.29) is 11.8 Å². The minimum Gasteiger partial charge on any atom is -0.497 e. The average Bonchev–Trinajstić information content (AvgIpc) is 3.33. The quantitative estimate of drug-likeness (QED) is 0.209. The van der Waals surface area contributed by atoms with E-state index in [9.17, 15) is 0 Å². The predicted octanol–water partition coefficient (Wildman–Crippen LogP) is 5.66. The number of benzene rings is 3. The minimum absolute atomic E-state index is 0.149. The molecular weight excluding hydrogens is 533 g/mol. The monoisotopic (exact) mass is 563 g/mol. The van der Waals surface area contributed by atoms with Gasteiger partial charge in [0.05, 0.1) is 30.5 Å². The number of nitrogens with one attached hydrogen (secondary N) is 2. The van der Waals surface area contributed by atoms with Crippen LogP contribution in [0.4, 0.5) is 15.8 Å². The van der Waals surface area contributed by atoms with Crippen LogP contribution in [0.1, 0.15) is 28.1 Å². The van der Waals surface area contributed by atoms with Crippen LogP contribution < -0.4 is 25.8 Å². The van der Waals surface area contributed by atoms with Crippen LogP contribution in [0.3, 0.4) is 0 Å². The summed E-state index contributed by atoms with van der Waals surface area (Å²) in [7, 11) is 1.64. The molecule has 1 aliphatic heterocycles. The van der Waals surface area contributed by atoms with Crippen molar-refractivity contribution < 1.29 is 13.9 Å². The second-order valence-corrected chi connectivity index (χ2v) is 10.0. The highest BCUT2D eigenvalue weighted by atomic mass is 19.1. The Labute approximate surface area is 242 Å². The Morgan fingerprint density at radius 1 is 1.02 bits per heavy atom. The summed E-state index contributed by atoms with van der Waals surface area (Å²) >= 11 is 0. The Hall–Kier alpha value is -5.22. The maximum absolute atomic E-state index is 15.9. The van der Waals surface area contributed by atoms with Gasteiger partial charge in [0, 0.05) is 41.9 Å². The van der Waals surface area contributed by atoms with E-state index in [1.165, 1.54) is 6.07 Å². The number of halogens is 1. The largest absolute Gasteiger partial charge is 0.497 e. The average molecular weight is 564 g/mol. The molecule has 6 rings (SSSR count). The van der Waals surface area contributed by atoms with E-state index in [1.807, 2.05) is 73.1 Å². The number of ether oxygens (including phenoxy) is 2. The first-order chi connectivity index (χ1) is 20.4. The molecule has 5 aromatic rings. The summed E-state index contributed by atoms with van der Waals surface area (Å²) in [4.78, 5) is 13.0. The number of hydrogen-bond donors (Lipinski definition) is 3. The summed E-state index contributed by atoms with van der Waals surface area (Å²) in [5.41, 5.74) is 11.3. The molecule has 1 unspecified atom stereocenters. The van der Waals surface area contributed by atoms with Crippen molar-refractivity contribution in [1.82, 2.24) is 25.2 Å². The highest BCUT2D eigenvalue weighted by Crippen LogP contribution is 2.43. The molecule has 3 heterocycles. The number of methoxy groups -OCH3 is 1. The third-order valence-corrected chi connectivity index (χ3v) is 7.23. The van der Waals surface area contributed by atoms with Crippen molar-refractivity contribution in [3.8, 4) is 23.2 Å². The number of aromatic nitrogens is 3. The van der Waals surface area contributed by atoms with Gasteiger partial charge < -0.3 is 25.1 Å². The van der Waals surface area contributed by atoms with Crippen LogP contribution in [-0.2, 0) is 12.2 Å². The van der Waals surface area contributed by atoms with Crippen LogP contribution in [0, 0.1) is 19.7 Å². The lowest BCUT2D eigenvalue weighted by atomic mass is 9.91. The number of hydrogen-bond acceptors (Lipinski definition) is 8. The maximum Gasteiger partial charge on any atom is 0.322 e. The van der Waals surface area contributed by atoms with Crippen LogP contribution in [0.25, 0.3) is 5.69 Å². The molecule has 9 nitrogen and oxygen atoms in total. The molecule has 42 heavy (non-hydrogen) atoms. The molecule has 0 fully saturated rings. The van der Waals surface area contributed by atoms with Crippen molar-refractivity contribution >= 4 is 17.7 Å². The smallest absolute Gasteiger partial charge is 0.322 e. The number of aryl methyl sites for hydroxylation is 2. The first kappa shape index (κ1) is 27.0. The van der Waals surface area contributed by atoms with Crippen molar-refractivity contribution in [3.63, 3.8) is 0 Å². The summed E-state index contributed by atoms with van der Waals surface area (Å²) in [6.07, 6.45) is 5.13. The van der Waals surface area contributed by atoms with Gasteiger partial charge in [-0.1, -0.05) is 30.3 Å². The molecule has 1 atom stereocenters. The molecule has 10 heteroatoms. The fourth-order valence-electron chi connectivity index (χ4n) is 5.17. The third kappa shape index (κ3) is 4.92. The topological polar surface area (TPSA) is 112 Å². The van der Waals surface area contributed by atoms with Gasteiger partial charge in [0.2, 0.25) is 0 Å². The Kier molecular flexibility index (Phi) is 7.05. The van der Waals surface area contributed by atoms with Crippen LogP contribution >= 0.6 is 0 Å². The number of aliphatic imine (C=N–C) groups is 1. The zero-order valence-corrected chi connectivity index (χ0v) is 23.4. The minimum atomic E-state index is -1.05. The van der Waals surface area contributed by atoms with Crippen LogP contribution in [0.2, 0.25) is 0 Å². The molecule has 0 spiro atoms. The number of nitrogens with zero attached hydrogens (tertiary/aromatic N) is 4. The third-order valence-electron chi connectivity index (χ3n) is 7.23. The Morgan fingerprint density at radius 3 is 2.55 bits per heavy atom. The SMILES string of the molecule is COc1ccc(CNC2(c3ccccc3N)NC=Nc3c(C)cn(-c4ccc(Oc5nccc(C)n5)cc4F)c32)cc1. The van der Waals surface area contributed by atoms with Crippen molar-refractivity contribution in [1.29, 1.82) is 0 Å². The van der Waals surface area contributed by atoms with Gasteiger partial charge in [-0.15, -0.1) is 0 Å². The molecule has 1 aliphatic rings. The highest BCUT2D eigenvalue weighted by molar-refractivity contribution is 5.75. The fraction of sp³-hybridized carbons (Fsp3) is 0.156. The lowest BCUT2D eigenvalue weighted by Crippen LogP contribution is -2.56. The lowest BCUT2D eigenvalue weighted by Gasteiger charge is -2.39. The van der Waals surface area contributed by atoms with E-state index < -0.39 is 11.5 Å². The fourth-order valence-corrected chi connectivity index (χ4v) is 5.17. The number of fused-ring (bicyclic) bond motifs is 1. The van der Waals surface area contributed by atoms with Crippen molar-refractivity contribution in [2.24, 2.45) is 4.99 Å². The first-order valence-electron chi connectivity index (χ1n) is 13.4. The summed E-state index contributed by atoms with van der Waals surface area (Å²) in [6, 6.07) is 22.0. The van der Waals surface area contributed by atoms with Gasteiger partial charge in [0.25, 0.3) is 0 Å². The zero-order chi connectivity index (χ0) is 29.3. The second-order valence-electron chi connectivity index (χ2n) is 10.0. The van der Waals surface area contributed by atoms with Gasteiger partial charge in [-0.05, 0) is 61.4 Å². The second kappa shape index (κ2) is 11.0. The Balaban J connectivity index is 1.45. The van der Waals surface area contributed by atoms with Gasteiger partial charge in [-0.2, -0.15) is 0 Å². The van der Waals surface area contributed by atoms with E-state index in [0.717, 1.165) is 28.1 Å². The molecule has 2 aromatic heterocycles. The summed E-state index contributed by atoms with van der Waals surface area (Å²) in [6.45, 7) is 4.25. The number of para-hydroxylation sites is 1. The van der Waals surface area contributed by atoms with Gasteiger partial charge in [0.1, 0.15) is 11.5 Å². The molecule has 4 N–H and O–H groups in total. The van der Waals surface area contributed by atoms with Crippen molar-refractivity contribution in [3.05, 3.63) is 119 Å². The molecular formula is C32H30FN7O2. The van der Waals surface area contributed by atoms with Gasteiger partial charge >= 0.3 is 6.01 Å². The molecule has 0 saturated heterocycles. The number of nitrogen functional groups attached to an aromatic ring is 1. The first-order valence-corrected chi connectivity index (χ1v) is 13.4. The molecule has 0 saturated carbocycles. The van der Waals surface area contributed by atoms with Crippen LogP contribution in [0.15, 0.2) is 90.2 Å². The molecule has 3 aromatic carbocycles. The van der Waals surface area contributed by atoms with Gasteiger partial charge in [0.15, 0.2) is 11.5 Å². The van der Waals surface area contributed by atoms with E-state index in [2.05, 4.69) is 25.6 Å². The van der Waals surface area contributed by atoms with E-state index in [4.69, 9.17) is 15.2 Å². The molecule has 0 aliphatic carbocycles. The number of nitrogens with two attached hydrogens (primary N) is 1. The van der Waals surface area contributed by atoms with Crippen LogP contribution in [-0.4, -0.2) is 28.0 Å². The van der Waals surface area contributed by atoms with Gasteiger partial charge in [-0.3, -0.25) is 5.32 Å². The Morgan fingerprint density at radius 2 is 1.81 bits per heavy atom. The molecule has 0 radical (unpaired) electrons. The standard InChI is InChI=1S/C32H30FN7O2/c1-20-18-40(28-13-12-24(16-26(28)33)42-31-35-15-14-21(2)39-31)30-29(20)36-19-38-32(30,25-6-4-5-7-27(25)34)37-17-22-8-10-23(41-3)11-9-22/h4-16,18-19,37H,17,34H2,1-3H3,(H,36,38). The van der Waals surface area contributed by atoms with Crippen molar-refractivity contribution in [2.45, 2.75) is 26.1 Å². The predicted molar refractivity (Wildman–Crippen MR) is 160 cm³/mol. The van der Waals surface area contributed by atoms with Gasteiger partial charge in [-0.25, -0.2) is 19.4 Å².